The van der Waals surface area contributed by atoms with Crippen LogP contribution in [0.4, 0.5) is 11.4 Å². The van der Waals surface area contributed by atoms with Gasteiger partial charge in [0.15, 0.2) is 0 Å². The molecule has 0 unspecified atom stereocenters. The summed E-state index contributed by atoms with van der Waals surface area (Å²) < 4.78 is 27.5. The third kappa shape index (κ3) is 4.46. The summed E-state index contributed by atoms with van der Waals surface area (Å²) in [6, 6.07) is 14.3. The Morgan fingerprint density at radius 1 is 1.09 bits per heavy atom. The molecule has 0 bridgehead atoms. The second-order valence-corrected chi connectivity index (χ2v) is 7.51. The van der Waals surface area contributed by atoms with Gasteiger partial charge in [0, 0.05) is 25.8 Å². The van der Waals surface area contributed by atoms with Gasteiger partial charge < -0.3 is 10.6 Å². The highest BCUT2D eigenvalue weighted by molar-refractivity contribution is 7.89. The predicted octanol–water partition coefficient (Wildman–Crippen LogP) is 2.24. The number of benzene rings is 2. The normalized spacial score (nSPS) is 12.8. The molecule has 0 fully saturated rings. The summed E-state index contributed by atoms with van der Waals surface area (Å²) >= 11 is 0. The Labute approximate surface area is 138 Å². The van der Waals surface area contributed by atoms with E-state index in [0.717, 1.165) is 11.3 Å². The Morgan fingerprint density at radius 2 is 1.70 bits per heavy atom. The minimum absolute atomic E-state index is 0.120. The monoisotopic (exact) mass is 333 g/mol. The van der Waals surface area contributed by atoms with Gasteiger partial charge in [0.05, 0.1) is 5.69 Å². The lowest BCUT2D eigenvalue weighted by Gasteiger charge is -2.16. The van der Waals surface area contributed by atoms with Gasteiger partial charge in [0.2, 0.25) is 10.0 Å². The van der Waals surface area contributed by atoms with Crippen LogP contribution < -0.4 is 15.4 Å². The number of hydrogen-bond donors (Lipinski definition) is 2. The number of nitrogens with zero attached hydrogens (tertiary/aromatic N) is 1. The number of nitrogens with two attached hydrogens (primary N) is 1. The van der Waals surface area contributed by atoms with Crippen molar-refractivity contribution in [1.29, 1.82) is 0 Å². The molecule has 0 aliphatic rings. The molecular weight excluding hydrogens is 310 g/mol. The van der Waals surface area contributed by atoms with Crippen molar-refractivity contribution in [3.05, 3.63) is 54.1 Å². The van der Waals surface area contributed by atoms with E-state index in [1.807, 2.05) is 50.2 Å². The Kier molecular flexibility index (Phi) is 5.28. The molecule has 1 atom stereocenters. The number of nitrogen functional groups attached to an aromatic ring is 1. The number of hydrogen-bond acceptors (Lipinski definition) is 4. The third-order valence-electron chi connectivity index (χ3n) is 3.56. The summed E-state index contributed by atoms with van der Waals surface area (Å²) in [4.78, 5) is 2.14. The maximum atomic E-state index is 12.4. The molecule has 0 amide bonds. The zero-order chi connectivity index (χ0) is 17.0. The minimum atomic E-state index is -3.62. The summed E-state index contributed by atoms with van der Waals surface area (Å²) in [6.45, 7) is 1.84. The van der Waals surface area contributed by atoms with Crippen LogP contribution >= 0.6 is 0 Å². The summed E-state index contributed by atoms with van der Waals surface area (Å²) in [7, 11) is 0.349. The lowest BCUT2D eigenvalue weighted by atomic mass is 10.1. The molecule has 0 aliphatic carbocycles. The van der Waals surface area contributed by atoms with E-state index in [9.17, 15) is 8.42 Å². The zero-order valence-electron chi connectivity index (χ0n) is 13.7. The van der Waals surface area contributed by atoms with Crippen molar-refractivity contribution in [2.75, 3.05) is 24.7 Å². The lowest BCUT2D eigenvalue weighted by Crippen LogP contribution is -2.34. The molecule has 0 spiro atoms. The minimum Gasteiger partial charge on any atom is -0.398 e. The van der Waals surface area contributed by atoms with Gasteiger partial charge in [-0.3, -0.25) is 0 Å². The quantitative estimate of drug-likeness (QED) is 0.795. The number of rotatable bonds is 6. The first-order valence-electron chi connectivity index (χ1n) is 7.42. The van der Waals surface area contributed by atoms with E-state index in [4.69, 9.17) is 5.73 Å². The average molecular weight is 333 g/mol. The van der Waals surface area contributed by atoms with Crippen LogP contribution in [0.2, 0.25) is 0 Å². The first kappa shape index (κ1) is 17.3. The van der Waals surface area contributed by atoms with Gasteiger partial charge in [0.25, 0.3) is 0 Å². The molecule has 0 aromatic heterocycles. The smallest absolute Gasteiger partial charge is 0.242 e. The van der Waals surface area contributed by atoms with Crippen molar-refractivity contribution < 1.29 is 8.42 Å². The van der Waals surface area contributed by atoms with Crippen molar-refractivity contribution >= 4 is 21.4 Å². The van der Waals surface area contributed by atoms with E-state index >= 15 is 0 Å². The maximum Gasteiger partial charge on any atom is 0.242 e. The molecule has 3 N–H and O–H groups in total. The molecule has 2 rings (SSSR count). The van der Waals surface area contributed by atoms with E-state index in [2.05, 4.69) is 4.72 Å². The predicted molar refractivity (Wildman–Crippen MR) is 95.1 cm³/mol. The van der Waals surface area contributed by atoms with Crippen LogP contribution in [0.5, 0.6) is 0 Å². The second kappa shape index (κ2) is 7.02. The number of nitrogens with one attached hydrogen (secondary N) is 1. The standard InChI is InChI=1S/C17H23N3O2S/c1-13(12-14-8-10-15(11-9-14)20(2)3)19-23(21,22)17-7-5-4-6-16(17)18/h4-11,13,19H,12,18H2,1-3H3/t13-/m1/s1. The molecule has 2 aromatic rings. The van der Waals surface area contributed by atoms with E-state index in [1.165, 1.54) is 6.07 Å². The summed E-state index contributed by atoms with van der Waals surface area (Å²) in [5.41, 5.74) is 8.19. The molecule has 0 radical (unpaired) electrons. The van der Waals surface area contributed by atoms with Gasteiger partial charge >= 0.3 is 0 Å². The first-order chi connectivity index (χ1) is 10.8. The van der Waals surface area contributed by atoms with Crippen molar-refractivity contribution in [1.82, 2.24) is 4.72 Å². The fraction of sp³-hybridized carbons (Fsp3) is 0.294. The van der Waals surface area contributed by atoms with Gasteiger partial charge in [-0.1, -0.05) is 24.3 Å². The van der Waals surface area contributed by atoms with Crippen LogP contribution in [-0.2, 0) is 16.4 Å². The van der Waals surface area contributed by atoms with Crippen molar-refractivity contribution in [2.45, 2.75) is 24.3 Å². The molecule has 124 valence electrons. The fourth-order valence-electron chi connectivity index (χ4n) is 2.38. The van der Waals surface area contributed by atoms with Crippen LogP contribution in [0.1, 0.15) is 12.5 Å². The number of anilines is 2. The van der Waals surface area contributed by atoms with Crippen molar-refractivity contribution in [2.24, 2.45) is 0 Å². The molecule has 0 heterocycles. The average Bonchev–Trinajstić information content (AvgIpc) is 2.47. The van der Waals surface area contributed by atoms with Gasteiger partial charge in [-0.15, -0.1) is 0 Å². The molecule has 23 heavy (non-hydrogen) atoms. The van der Waals surface area contributed by atoms with E-state index in [-0.39, 0.29) is 16.6 Å². The number of sulfonamides is 1. The van der Waals surface area contributed by atoms with Crippen LogP contribution in [0, 0.1) is 0 Å². The second-order valence-electron chi connectivity index (χ2n) is 5.83. The third-order valence-corrected chi connectivity index (χ3v) is 5.22. The zero-order valence-corrected chi connectivity index (χ0v) is 14.5. The topological polar surface area (TPSA) is 75.4 Å². The maximum absolute atomic E-state index is 12.4. The highest BCUT2D eigenvalue weighted by Crippen LogP contribution is 2.18. The Hall–Kier alpha value is -2.05. The Morgan fingerprint density at radius 3 is 2.26 bits per heavy atom. The Bertz CT molecular complexity index is 756. The van der Waals surface area contributed by atoms with Crippen molar-refractivity contribution in [3.63, 3.8) is 0 Å². The highest BCUT2D eigenvalue weighted by Gasteiger charge is 2.19. The molecule has 0 aliphatic heterocycles. The summed E-state index contributed by atoms with van der Waals surface area (Å²) in [5, 5.41) is 0. The first-order valence-corrected chi connectivity index (χ1v) is 8.91. The summed E-state index contributed by atoms with van der Waals surface area (Å²) in [5.74, 6) is 0. The molecule has 5 nitrogen and oxygen atoms in total. The van der Waals surface area contributed by atoms with Crippen LogP contribution in [0.3, 0.4) is 0 Å². The van der Waals surface area contributed by atoms with Crippen molar-refractivity contribution in [3.8, 4) is 0 Å². The van der Waals surface area contributed by atoms with Crippen LogP contribution in [-0.4, -0.2) is 28.6 Å². The molecule has 6 heteroatoms. The molecule has 0 saturated carbocycles. The van der Waals surface area contributed by atoms with Gasteiger partial charge in [-0.2, -0.15) is 0 Å². The highest BCUT2D eigenvalue weighted by atomic mass is 32.2. The van der Waals surface area contributed by atoms with E-state index in [0.29, 0.717) is 6.42 Å². The van der Waals surface area contributed by atoms with Gasteiger partial charge in [-0.05, 0) is 43.2 Å². The lowest BCUT2D eigenvalue weighted by molar-refractivity contribution is 0.560. The largest absolute Gasteiger partial charge is 0.398 e. The van der Waals surface area contributed by atoms with Gasteiger partial charge in [-0.25, -0.2) is 13.1 Å². The van der Waals surface area contributed by atoms with Gasteiger partial charge in [0.1, 0.15) is 4.90 Å². The number of para-hydroxylation sites is 1. The molecular formula is C17H23N3O2S. The van der Waals surface area contributed by atoms with Crippen LogP contribution in [0.25, 0.3) is 0 Å². The molecule has 0 saturated heterocycles. The molecule has 2 aromatic carbocycles. The SMILES string of the molecule is C[C@H](Cc1ccc(N(C)C)cc1)NS(=O)(=O)c1ccccc1N. The van der Waals surface area contributed by atoms with E-state index < -0.39 is 10.0 Å². The van der Waals surface area contributed by atoms with E-state index in [1.54, 1.807) is 18.2 Å². The van der Waals surface area contributed by atoms with Crippen LogP contribution in [0.15, 0.2) is 53.4 Å². The fourth-order valence-corrected chi connectivity index (χ4v) is 3.76. The Balaban J connectivity index is 2.07. The summed E-state index contributed by atoms with van der Waals surface area (Å²) in [6.07, 6.45) is 0.611.